The van der Waals surface area contributed by atoms with E-state index >= 15 is 0 Å². The third-order valence-electron chi connectivity index (χ3n) is 3.36. The van der Waals surface area contributed by atoms with Crippen molar-refractivity contribution in [2.24, 2.45) is 0 Å². The van der Waals surface area contributed by atoms with Gasteiger partial charge in [0.1, 0.15) is 5.82 Å². The molecule has 7 nitrogen and oxygen atoms in total. The maximum atomic E-state index is 13.4. The second-order valence-electron chi connectivity index (χ2n) is 5.27. The van der Waals surface area contributed by atoms with E-state index in [1.165, 1.54) is 42.5 Å². The van der Waals surface area contributed by atoms with E-state index in [0.29, 0.717) is 5.56 Å². The fourth-order valence-electron chi connectivity index (χ4n) is 2.00. The van der Waals surface area contributed by atoms with Crippen LogP contribution in [0.3, 0.4) is 0 Å². The van der Waals surface area contributed by atoms with Gasteiger partial charge in [0.05, 0.1) is 10.6 Å². The van der Waals surface area contributed by atoms with Crippen molar-refractivity contribution >= 4 is 29.3 Å². The first-order valence-corrected chi connectivity index (χ1v) is 7.51. The normalized spacial score (nSPS) is 10.5. The Morgan fingerprint density at radius 1 is 1.27 bits per heavy atom. The first kappa shape index (κ1) is 18.8. The number of nitrogens with one attached hydrogen (secondary N) is 1. The number of carbonyl (C=O) groups excluding carboxylic acids is 2. The molecule has 0 spiro atoms. The van der Waals surface area contributed by atoms with E-state index in [1.54, 1.807) is 13.0 Å². The molecular formula is C18H15FN2O5. The van der Waals surface area contributed by atoms with Gasteiger partial charge >= 0.3 is 5.97 Å². The number of anilines is 1. The lowest BCUT2D eigenvalue weighted by molar-refractivity contribution is -0.384. The molecule has 0 heterocycles. The Balaban J connectivity index is 1.91. The van der Waals surface area contributed by atoms with Crippen LogP contribution in [0.15, 0.2) is 48.5 Å². The van der Waals surface area contributed by atoms with Crippen molar-refractivity contribution < 1.29 is 23.6 Å². The Kier molecular flexibility index (Phi) is 6.15. The Labute approximate surface area is 148 Å². The molecule has 0 saturated carbocycles. The lowest BCUT2D eigenvalue weighted by Gasteiger charge is -2.08. The summed E-state index contributed by atoms with van der Waals surface area (Å²) in [5, 5.41) is 13.2. The number of nitrogens with zero attached hydrogens (tertiary/aromatic N) is 1. The maximum Gasteiger partial charge on any atom is 0.331 e. The van der Waals surface area contributed by atoms with Gasteiger partial charge in [0, 0.05) is 23.8 Å². The number of ether oxygens (including phenoxy) is 1. The Hall–Kier alpha value is -3.55. The van der Waals surface area contributed by atoms with Crippen LogP contribution in [0.1, 0.15) is 11.1 Å². The molecule has 0 fully saturated rings. The van der Waals surface area contributed by atoms with E-state index in [1.807, 2.05) is 0 Å². The number of amides is 1. The minimum absolute atomic E-state index is 0.171. The summed E-state index contributed by atoms with van der Waals surface area (Å²) >= 11 is 0. The second-order valence-corrected chi connectivity index (χ2v) is 5.27. The first-order chi connectivity index (χ1) is 12.4. The molecule has 0 unspecified atom stereocenters. The van der Waals surface area contributed by atoms with Crippen molar-refractivity contribution in [1.82, 2.24) is 0 Å². The van der Waals surface area contributed by atoms with Crippen LogP contribution in [0.2, 0.25) is 0 Å². The Morgan fingerprint density at radius 3 is 2.69 bits per heavy atom. The Morgan fingerprint density at radius 2 is 2.00 bits per heavy atom. The molecule has 0 aliphatic rings. The molecule has 0 saturated heterocycles. The molecule has 0 aromatic heterocycles. The zero-order valence-corrected chi connectivity index (χ0v) is 13.8. The highest BCUT2D eigenvalue weighted by Crippen LogP contribution is 2.21. The summed E-state index contributed by atoms with van der Waals surface area (Å²) in [4.78, 5) is 33.6. The minimum Gasteiger partial charge on any atom is -0.452 e. The topological polar surface area (TPSA) is 98.5 Å². The van der Waals surface area contributed by atoms with E-state index in [9.17, 15) is 24.1 Å². The molecule has 0 aliphatic carbocycles. The van der Waals surface area contributed by atoms with Gasteiger partial charge in [-0.3, -0.25) is 14.9 Å². The Bertz CT molecular complexity index is 880. The molecule has 0 aliphatic heterocycles. The number of esters is 1. The summed E-state index contributed by atoms with van der Waals surface area (Å²) < 4.78 is 18.2. The number of halogens is 1. The number of nitro benzene ring substituents is 1. The van der Waals surface area contributed by atoms with Crippen LogP contribution in [0.25, 0.3) is 6.08 Å². The van der Waals surface area contributed by atoms with Gasteiger partial charge in [-0.15, -0.1) is 0 Å². The number of nitro groups is 1. The summed E-state index contributed by atoms with van der Waals surface area (Å²) in [6.07, 6.45) is 2.24. The van der Waals surface area contributed by atoms with Crippen molar-refractivity contribution in [2.75, 3.05) is 11.9 Å². The van der Waals surface area contributed by atoms with Gasteiger partial charge in [0.25, 0.3) is 11.6 Å². The van der Waals surface area contributed by atoms with Gasteiger partial charge in [0.2, 0.25) is 0 Å². The fourth-order valence-corrected chi connectivity index (χ4v) is 2.00. The summed E-state index contributed by atoms with van der Waals surface area (Å²) in [6, 6.07) is 9.90. The van der Waals surface area contributed by atoms with Gasteiger partial charge in [0.15, 0.2) is 6.61 Å². The van der Waals surface area contributed by atoms with E-state index < -0.39 is 29.2 Å². The molecule has 8 heteroatoms. The number of rotatable bonds is 6. The molecule has 1 N–H and O–H groups in total. The predicted octanol–water partition coefficient (Wildman–Crippen LogP) is 3.24. The highest BCUT2D eigenvalue weighted by molar-refractivity contribution is 5.95. The summed E-state index contributed by atoms with van der Waals surface area (Å²) in [5.41, 5.74) is 0.911. The number of carbonyl (C=O) groups is 2. The number of benzene rings is 2. The summed E-state index contributed by atoms with van der Waals surface area (Å²) in [5.74, 6) is -1.96. The molecule has 2 rings (SSSR count). The molecule has 2 aromatic rings. The molecule has 0 atom stereocenters. The monoisotopic (exact) mass is 358 g/mol. The van der Waals surface area contributed by atoms with Crippen LogP contribution in [-0.4, -0.2) is 23.4 Å². The van der Waals surface area contributed by atoms with Crippen molar-refractivity contribution in [3.05, 3.63) is 75.6 Å². The molecule has 2 aromatic carbocycles. The predicted molar refractivity (Wildman–Crippen MR) is 92.9 cm³/mol. The van der Waals surface area contributed by atoms with Gasteiger partial charge < -0.3 is 10.1 Å². The third-order valence-corrected chi connectivity index (χ3v) is 3.36. The van der Waals surface area contributed by atoms with E-state index in [2.05, 4.69) is 5.32 Å². The average Bonchev–Trinajstić information content (AvgIpc) is 2.61. The van der Waals surface area contributed by atoms with Gasteiger partial charge in [-0.1, -0.05) is 24.3 Å². The summed E-state index contributed by atoms with van der Waals surface area (Å²) in [6.45, 7) is 1.09. The lowest BCUT2D eigenvalue weighted by Crippen LogP contribution is -2.20. The maximum absolute atomic E-state index is 13.4. The third kappa shape index (κ3) is 5.23. The highest BCUT2D eigenvalue weighted by Gasteiger charge is 2.12. The number of hydrogen-bond donors (Lipinski definition) is 1. The van der Waals surface area contributed by atoms with Crippen LogP contribution in [-0.2, 0) is 14.3 Å². The van der Waals surface area contributed by atoms with Crippen LogP contribution in [0, 0.1) is 22.9 Å². The molecular weight excluding hydrogens is 343 g/mol. The number of hydrogen-bond acceptors (Lipinski definition) is 5. The van der Waals surface area contributed by atoms with Gasteiger partial charge in [-0.25, -0.2) is 9.18 Å². The quantitative estimate of drug-likeness (QED) is 0.370. The SMILES string of the molecule is Cc1ccc([N+](=O)[O-])cc1NC(=O)COC(=O)/C=C/c1ccccc1F. The minimum atomic E-state index is -0.820. The van der Waals surface area contributed by atoms with Crippen molar-refractivity contribution in [1.29, 1.82) is 0 Å². The molecule has 0 radical (unpaired) electrons. The largest absolute Gasteiger partial charge is 0.452 e. The first-order valence-electron chi connectivity index (χ1n) is 7.51. The van der Waals surface area contributed by atoms with Crippen LogP contribution in [0.5, 0.6) is 0 Å². The van der Waals surface area contributed by atoms with Crippen LogP contribution >= 0.6 is 0 Å². The highest BCUT2D eigenvalue weighted by atomic mass is 19.1. The number of non-ortho nitro benzene ring substituents is 1. The van der Waals surface area contributed by atoms with Crippen LogP contribution < -0.4 is 5.32 Å². The fraction of sp³-hybridized carbons (Fsp3) is 0.111. The van der Waals surface area contributed by atoms with E-state index in [-0.39, 0.29) is 16.9 Å². The number of aryl methyl sites for hydroxylation is 1. The van der Waals surface area contributed by atoms with Crippen molar-refractivity contribution in [3.8, 4) is 0 Å². The molecule has 1 amide bonds. The molecule has 26 heavy (non-hydrogen) atoms. The second kappa shape index (κ2) is 8.52. The van der Waals surface area contributed by atoms with Gasteiger partial charge in [-0.05, 0) is 24.6 Å². The zero-order chi connectivity index (χ0) is 19.1. The zero-order valence-electron chi connectivity index (χ0n) is 13.8. The lowest BCUT2D eigenvalue weighted by atomic mass is 10.2. The van der Waals surface area contributed by atoms with Crippen molar-refractivity contribution in [3.63, 3.8) is 0 Å². The van der Waals surface area contributed by atoms with Gasteiger partial charge in [-0.2, -0.15) is 0 Å². The average molecular weight is 358 g/mol. The smallest absolute Gasteiger partial charge is 0.331 e. The molecule has 134 valence electrons. The summed E-state index contributed by atoms with van der Waals surface area (Å²) in [7, 11) is 0. The van der Waals surface area contributed by atoms with E-state index in [0.717, 1.165) is 6.08 Å². The standard InChI is InChI=1S/C18H15FN2O5/c1-12-6-8-14(21(24)25)10-16(12)20-17(22)11-26-18(23)9-7-13-4-2-3-5-15(13)19/h2-10H,11H2,1H3,(H,20,22)/b9-7+. The molecule has 0 bridgehead atoms. The van der Waals surface area contributed by atoms with Crippen molar-refractivity contribution in [2.45, 2.75) is 6.92 Å². The van der Waals surface area contributed by atoms with E-state index in [4.69, 9.17) is 4.74 Å². The van der Waals surface area contributed by atoms with Crippen LogP contribution in [0.4, 0.5) is 15.8 Å².